The van der Waals surface area contributed by atoms with E-state index in [1.54, 1.807) is 31.2 Å². The van der Waals surface area contributed by atoms with Crippen molar-refractivity contribution in [3.05, 3.63) is 75.9 Å². The normalized spacial score (nSPS) is 9.77. The first-order chi connectivity index (χ1) is 18.6. The van der Waals surface area contributed by atoms with Gasteiger partial charge in [0.25, 0.3) is 0 Å². The smallest absolute Gasteiger partial charge is 0.414 e. The van der Waals surface area contributed by atoms with Crippen LogP contribution in [0.3, 0.4) is 0 Å². The molecule has 0 bridgehead atoms. The van der Waals surface area contributed by atoms with Crippen molar-refractivity contribution in [1.29, 1.82) is 0 Å². The van der Waals surface area contributed by atoms with Gasteiger partial charge in [-0.2, -0.15) is 4.37 Å². The zero-order valence-corrected chi connectivity index (χ0v) is 26.2. The Morgan fingerprint density at radius 3 is 2.05 bits per heavy atom. The Bertz CT molecular complexity index is 1530. The lowest BCUT2D eigenvalue weighted by Gasteiger charge is -2.05. The van der Waals surface area contributed by atoms with Crippen LogP contribution in [0.1, 0.15) is 24.2 Å². The Balaban J connectivity index is 0.000000226. The number of ether oxygens (including phenoxy) is 2. The average Bonchev–Trinajstić information content (AvgIpc) is 3.54. The second-order valence-corrected chi connectivity index (χ2v) is 10.4. The SMILES string of the molecule is C#CC(=O)OCC.CCOC(=O)c1csnc1-c1ccc(F)cc1I.O=c1oc(-c2ccc(F)cc2I)ns1. The van der Waals surface area contributed by atoms with Crippen LogP contribution in [0.2, 0.25) is 0 Å². The van der Waals surface area contributed by atoms with Gasteiger partial charge in [0, 0.05) is 24.0 Å². The lowest BCUT2D eigenvalue weighted by atomic mass is 10.1. The van der Waals surface area contributed by atoms with Gasteiger partial charge in [-0.15, -0.1) is 10.8 Å². The van der Waals surface area contributed by atoms with E-state index >= 15 is 0 Å². The summed E-state index contributed by atoms with van der Waals surface area (Å²) >= 11 is 5.91. The summed E-state index contributed by atoms with van der Waals surface area (Å²) in [5.74, 6) is 0.416. The maximum absolute atomic E-state index is 13.1. The molecule has 0 radical (unpaired) electrons. The van der Waals surface area contributed by atoms with Crippen LogP contribution in [0.25, 0.3) is 22.7 Å². The van der Waals surface area contributed by atoms with Crippen LogP contribution >= 0.6 is 68.2 Å². The zero-order valence-electron chi connectivity index (χ0n) is 20.2. The number of rotatable bonds is 5. The number of benzene rings is 2. The van der Waals surface area contributed by atoms with Crippen molar-refractivity contribution in [2.24, 2.45) is 0 Å². The zero-order chi connectivity index (χ0) is 28.9. The third-order valence-electron chi connectivity index (χ3n) is 4.19. The molecule has 4 rings (SSSR count). The van der Waals surface area contributed by atoms with Crippen molar-refractivity contribution < 1.29 is 32.3 Å². The fourth-order valence-corrected chi connectivity index (χ4v) is 5.12. The molecular weight excluding hydrogens is 780 g/mol. The quantitative estimate of drug-likeness (QED) is 0.0987. The fourth-order valence-electron chi connectivity index (χ4n) is 2.60. The van der Waals surface area contributed by atoms with E-state index in [1.165, 1.54) is 41.9 Å². The van der Waals surface area contributed by atoms with Crippen LogP contribution < -0.4 is 4.94 Å². The third kappa shape index (κ3) is 10.1. The molecule has 14 heteroatoms. The van der Waals surface area contributed by atoms with Gasteiger partial charge < -0.3 is 13.9 Å². The molecule has 0 aliphatic heterocycles. The van der Waals surface area contributed by atoms with Gasteiger partial charge in [-0.25, -0.2) is 23.2 Å². The van der Waals surface area contributed by atoms with Crippen LogP contribution in [0, 0.1) is 31.1 Å². The van der Waals surface area contributed by atoms with Crippen molar-refractivity contribution in [2.45, 2.75) is 13.8 Å². The Kier molecular flexibility index (Phi) is 13.6. The van der Waals surface area contributed by atoms with Gasteiger partial charge in [0.1, 0.15) is 11.6 Å². The number of nitrogens with zero attached hydrogens (tertiary/aromatic N) is 2. The molecular formula is C25H18F2I2N2O6S2. The molecule has 0 unspecified atom stereocenters. The first kappa shape index (κ1) is 32.5. The van der Waals surface area contributed by atoms with Crippen molar-refractivity contribution >= 4 is 80.2 Å². The van der Waals surface area contributed by atoms with E-state index in [2.05, 4.69) is 19.9 Å². The molecule has 0 aliphatic carbocycles. The Morgan fingerprint density at radius 1 is 1.00 bits per heavy atom. The average molecular weight is 798 g/mol. The Morgan fingerprint density at radius 2 is 1.59 bits per heavy atom. The van der Waals surface area contributed by atoms with E-state index in [4.69, 9.17) is 9.15 Å². The van der Waals surface area contributed by atoms with Crippen molar-refractivity contribution in [2.75, 3.05) is 13.2 Å². The minimum absolute atomic E-state index is 0.240. The third-order valence-corrected chi connectivity index (χ3v) is 7.09. The van der Waals surface area contributed by atoms with E-state index in [9.17, 15) is 23.2 Å². The maximum Gasteiger partial charge on any atom is 0.414 e. The summed E-state index contributed by atoms with van der Waals surface area (Å²) in [4.78, 5) is 32.0. The molecule has 0 saturated carbocycles. The highest BCUT2D eigenvalue weighted by molar-refractivity contribution is 14.1. The van der Waals surface area contributed by atoms with Crippen LogP contribution in [-0.2, 0) is 14.3 Å². The number of hydrogen-bond acceptors (Lipinski definition) is 10. The van der Waals surface area contributed by atoms with Gasteiger partial charge in [0.15, 0.2) is 0 Å². The highest BCUT2D eigenvalue weighted by Gasteiger charge is 2.18. The molecule has 8 nitrogen and oxygen atoms in total. The Hall–Kier alpha value is -2.75. The van der Waals surface area contributed by atoms with Gasteiger partial charge in [0.05, 0.1) is 41.6 Å². The molecule has 0 fully saturated rings. The van der Waals surface area contributed by atoms with E-state index in [1.807, 2.05) is 45.2 Å². The second kappa shape index (κ2) is 16.4. The predicted octanol–water partition coefficient (Wildman–Crippen LogP) is 6.42. The van der Waals surface area contributed by atoms with E-state index in [0.717, 1.165) is 17.1 Å². The number of carbonyl (C=O) groups excluding carboxylic acids is 2. The summed E-state index contributed by atoms with van der Waals surface area (Å²) in [6.07, 6.45) is 4.63. The topological polar surface area (TPSA) is 109 Å². The van der Waals surface area contributed by atoms with Crippen LogP contribution in [0.5, 0.6) is 0 Å². The lowest BCUT2D eigenvalue weighted by Crippen LogP contribution is -2.05. The number of hydrogen-bond donors (Lipinski definition) is 0. The summed E-state index contributed by atoms with van der Waals surface area (Å²) in [5.41, 5.74) is 2.33. The van der Waals surface area contributed by atoms with Gasteiger partial charge in [0.2, 0.25) is 5.89 Å². The standard InChI is InChI=1S/C12H9FINO2S.C8H3FINO2S.C5H6O2/c1-2-17-12(16)9-6-18-15-11(9)8-4-3-7(13)5-10(8)14;9-4-1-2-5(6(10)3-4)7-11-14-8(12)13-7;1-3-5(6)7-4-2/h3-6H,2H2,1H3;1-3H;1H,4H2,2H3. The van der Waals surface area contributed by atoms with Gasteiger partial charge in [-0.3, -0.25) is 0 Å². The molecule has 0 saturated heterocycles. The Labute approximate surface area is 257 Å². The number of halogens is 4. The van der Waals surface area contributed by atoms with E-state index < -0.39 is 16.9 Å². The van der Waals surface area contributed by atoms with Gasteiger partial charge >= 0.3 is 16.9 Å². The molecule has 2 aromatic heterocycles. The van der Waals surface area contributed by atoms with E-state index in [-0.39, 0.29) is 17.5 Å². The lowest BCUT2D eigenvalue weighted by molar-refractivity contribution is -0.136. The minimum Gasteiger partial charge on any atom is -0.462 e. The summed E-state index contributed by atoms with van der Waals surface area (Å²) in [6.45, 7) is 4.12. The number of aromatic nitrogens is 2. The summed E-state index contributed by atoms with van der Waals surface area (Å²) in [6, 6.07) is 8.58. The van der Waals surface area contributed by atoms with Crippen LogP contribution in [-0.4, -0.2) is 33.9 Å². The molecule has 0 aliphatic rings. The van der Waals surface area contributed by atoms with Crippen LogP contribution in [0.4, 0.5) is 8.78 Å². The molecule has 0 atom stereocenters. The number of terminal acetylenes is 1. The highest BCUT2D eigenvalue weighted by Crippen LogP contribution is 2.29. The first-order valence-electron chi connectivity index (χ1n) is 10.7. The maximum atomic E-state index is 13.1. The predicted molar refractivity (Wildman–Crippen MR) is 160 cm³/mol. The van der Waals surface area contributed by atoms with Gasteiger partial charge in [-0.1, -0.05) is 0 Å². The second-order valence-electron chi connectivity index (χ2n) is 6.75. The summed E-state index contributed by atoms with van der Waals surface area (Å²) in [7, 11) is 0. The first-order valence-corrected chi connectivity index (χ1v) is 14.5. The van der Waals surface area contributed by atoms with Crippen molar-refractivity contribution in [3.8, 4) is 35.1 Å². The summed E-state index contributed by atoms with van der Waals surface area (Å²) in [5, 5.41) is 1.65. The molecule has 204 valence electrons. The molecule has 0 amide bonds. The monoisotopic (exact) mass is 798 g/mol. The van der Waals surface area contributed by atoms with Gasteiger partial charge in [-0.05, 0) is 107 Å². The molecule has 4 aromatic rings. The van der Waals surface area contributed by atoms with E-state index in [0.29, 0.717) is 37.2 Å². The minimum atomic E-state index is -0.595. The number of carbonyl (C=O) groups is 2. The fraction of sp³-hybridized carbons (Fsp3) is 0.160. The number of esters is 2. The largest absolute Gasteiger partial charge is 0.462 e. The molecule has 0 spiro atoms. The van der Waals surface area contributed by atoms with Crippen molar-refractivity contribution in [1.82, 2.24) is 8.75 Å². The van der Waals surface area contributed by atoms with Crippen molar-refractivity contribution in [3.63, 3.8) is 0 Å². The summed E-state index contributed by atoms with van der Waals surface area (Å²) < 4.78 is 49.3. The molecule has 39 heavy (non-hydrogen) atoms. The van der Waals surface area contributed by atoms with Crippen LogP contribution in [0.15, 0.2) is 51.0 Å². The molecule has 0 N–H and O–H groups in total. The molecule has 2 aromatic carbocycles. The highest BCUT2D eigenvalue weighted by atomic mass is 127. The molecule has 2 heterocycles.